The van der Waals surface area contributed by atoms with Crippen molar-refractivity contribution < 1.29 is 9.47 Å². The van der Waals surface area contributed by atoms with Crippen molar-refractivity contribution in [3.63, 3.8) is 0 Å². The first-order chi connectivity index (χ1) is 8.50. The van der Waals surface area contributed by atoms with Gasteiger partial charge in [-0.25, -0.2) is 0 Å². The summed E-state index contributed by atoms with van der Waals surface area (Å²) in [6.45, 7) is 8.55. The monoisotopic (exact) mass is 244 g/mol. The summed E-state index contributed by atoms with van der Waals surface area (Å²) in [6.07, 6.45) is 2.16. The third-order valence-electron chi connectivity index (χ3n) is 3.87. The summed E-state index contributed by atoms with van der Waals surface area (Å²) in [6, 6.07) is 8.20. The lowest BCUT2D eigenvalue weighted by Gasteiger charge is -2.28. The van der Waals surface area contributed by atoms with Crippen LogP contribution in [0, 0.1) is 5.41 Å². The van der Waals surface area contributed by atoms with Crippen molar-refractivity contribution in [2.75, 3.05) is 14.2 Å². The van der Waals surface area contributed by atoms with Crippen LogP contribution in [0.3, 0.4) is 0 Å². The first-order valence-corrected chi connectivity index (χ1v) is 6.10. The maximum atomic E-state index is 5.39. The SMILES string of the molecule is C=C1C(OC)=CC(c2ccc(OC)cc2)C1(C)C. The molecule has 0 amide bonds. The van der Waals surface area contributed by atoms with Crippen LogP contribution in [0.25, 0.3) is 0 Å². The molecule has 1 atom stereocenters. The minimum absolute atomic E-state index is 0.0140. The normalized spacial score (nSPS) is 21.7. The zero-order chi connectivity index (χ0) is 13.3. The van der Waals surface area contributed by atoms with Gasteiger partial charge in [0.15, 0.2) is 0 Å². The summed E-state index contributed by atoms with van der Waals surface area (Å²) in [4.78, 5) is 0. The molecule has 96 valence electrons. The van der Waals surface area contributed by atoms with Crippen LogP contribution in [0.4, 0.5) is 0 Å². The van der Waals surface area contributed by atoms with Gasteiger partial charge in [0.1, 0.15) is 11.5 Å². The van der Waals surface area contributed by atoms with Crippen molar-refractivity contribution >= 4 is 0 Å². The van der Waals surface area contributed by atoms with Gasteiger partial charge in [-0.1, -0.05) is 32.6 Å². The third kappa shape index (κ3) is 1.92. The first-order valence-electron chi connectivity index (χ1n) is 6.10. The predicted octanol–water partition coefficient (Wildman–Crippen LogP) is 3.91. The lowest BCUT2D eigenvalue weighted by molar-refractivity contribution is 0.292. The smallest absolute Gasteiger partial charge is 0.118 e. The molecule has 1 aromatic rings. The van der Waals surface area contributed by atoms with Crippen LogP contribution in [0.2, 0.25) is 0 Å². The van der Waals surface area contributed by atoms with E-state index in [2.05, 4.69) is 38.6 Å². The summed E-state index contributed by atoms with van der Waals surface area (Å²) in [5, 5.41) is 0. The zero-order valence-electron chi connectivity index (χ0n) is 11.5. The van der Waals surface area contributed by atoms with Gasteiger partial charge in [0.25, 0.3) is 0 Å². The molecule has 0 saturated carbocycles. The standard InChI is InChI=1S/C16H20O2/c1-11-15(18-5)10-14(16(11,2)3)12-6-8-13(17-4)9-7-12/h6-10,14H,1H2,2-5H3. The van der Waals surface area contributed by atoms with Gasteiger partial charge in [0.2, 0.25) is 0 Å². The predicted molar refractivity (Wildman–Crippen MR) is 73.7 cm³/mol. The fraction of sp³-hybridized carbons (Fsp3) is 0.375. The number of hydrogen-bond acceptors (Lipinski definition) is 2. The van der Waals surface area contributed by atoms with Crippen molar-refractivity contribution in [2.24, 2.45) is 5.41 Å². The quantitative estimate of drug-likeness (QED) is 0.802. The second kappa shape index (κ2) is 4.52. The summed E-state index contributed by atoms with van der Waals surface area (Å²) >= 11 is 0. The van der Waals surface area contributed by atoms with Gasteiger partial charge < -0.3 is 9.47 Å². The van der Waals surface area contributed by atoms with E-state index in [9.17, 15) is 0 Å². The molecule has 0 saturated heterocycles. The molecule has 2 nitrogen and oxygen atoms in total. The van der Waals surface area contributed by atoms with Gasteiger partial charge in [-0.2, -0.15) is 0 Å². The van der Waals surface area contributed by atoms with E-state index in [0.29, 0.717) is 5.92 Å². The van der Waals surface area contributed by atoms with Crippen LogP contribution in [0.1, 0.15) is 25.3 Å². The molecule has 0 heterocycles. The van der Waals surface area contributed by atoms with Gasteiger partial charge in [-0.05, 0) is 29.3 Å². The van der Waals surface area contributed by atoms with Crippen molar-refractivity contribution in [1.29, 1.82) is 0 Å². The maximum absolute atomic E-state index is 5.39. The van der Waals surface area contributed by atoms with Crippen LogP contribution in [-0.2, 0) is 4.74 Å². The molecular weight excluding hydrogens is 224 g/mol. The molecule has 0 aliphatic heterocycles. The summed E-state index contributed by atoms with van der Waals surface area (Å²) in [7, 11) is 3.38. The minimum atomic E-state index is -0.0140. The number of rotatable bonds is 3. The zero-order valence-corrected chi connectivity index (χ0v) is 11.5. The topological polar surface area (TPSA) is 18.5 Å². The summed E-state index contributed by atoms with van der Waals surface area (Å²) in [5.41, 5.74) is 2.31. The van der Waals surface area contributed by atoms with Crippen molar-refractivity contribution in [2.45, 2.75) is 19.8 Å². The van der Waals surface area contributed by atoms with Crippen molar-refractivity contribution in [3.05, 3.63) is 53.8 Å². The molecule has 0 fully saturated rings. The molecule has 1 aromatic carbocycles. The van der Waals surface area contributed by atoms with Crippen LogP contribution in [-0.4, -0.2) is 14.2 Å². The third-order valence-corrected chi connectivity index (χ3v) is 3.87. The highest BCUT2D eigenvalue weighted by molar-refractivity contribution is 5.46. The highest BCUT2D eigenvalue weighted by Crippen LogP contribution is 2.50. The van der Waals surface area contributed by atoms with E-state index < -0.39 is 0 Å². The fourth-order valence-corrected chi connectivity index (χ4v) is 2.48. The van der Waals surface area contributed by atoms with Crippen LogP contribution in [0.15, 0.2) is 48.3 Å². The fourth-order valence-electron chi connectivity index (χ4n) is 2.48. The molecule has 0 radical (unpaired) electrons. The molecule has 2 heteroatoms. The average Bonchev–Trinajstić information content (AvgIpc) is 2.61. The van der Waals surface area contributed by atoms with E-state index in [-0.39, 0.29) is 5.41 Å². The van der Waals surface area contributed by atoms with E-state index >= 15 is 0 Å². The average molecular weight is 244 g/mol. The van der Waals surface area contributed by atoms with E-state index in [4.69, 9.17) is 9.47 Å². The first kappa shape index (κ1) is 12.7. The van der Waals surface area contributed by atoms with Gasteiger partial charge in [0, 0.05) is 11.3 Å². The number of benzene rings is 1. The van der Waals surface area contributed by atoms with Crippen molar-refractivity contribution in [3.8, 4) is 5.75 Å². The Morgan fingerprint density at radius 2 is 1.67 bits per heavy atom. The Kier molecular flexibility index (Phi) is 3.20. The molecule has 18 heavy (non-hydrogen) atoms. The van der Waals surface area contributed by atoms with Crippen LogP contribution < -0.4 is 4.74 Å². The lowest BCUT2D eigenvalue weighted by atomic mass is 9.75. The number of hydrogen-bond donors (Lipinski definition) is 0. The summed E-state index contributed by atoms with van der Waals surface area (Å²) in [5.74, 6) is 2.08. The van der Waals surface area contributed by atoms with Crippen LogP contribution >= 0.6 is 0 Å². The molecule has 0 N–H and O–H groups in total. The minimum Gasteiger partial charge on any atom is -0.497 e. The Morgan fingerprint density at radius 3 is 2.11 bits per heavy atom. The largest absolute Gasteiger partial charge is 0.497 e. The van der Waals surface area contributed by atoms with E-state index in [0.717, 1.165) is 17.1 Å². The van der Waals surface area contributed by atoms with Gasteiger partial charge in [-0.15, -0.1) is 0 Å². The van der Waals surface area contributed by atoms with Gasteiger partial charge >= 0.3 is 0 Å². The summed E-state index contributed by atoms with van der Waals surface area (Å²) < 4.78 is 10.6. The molecule has 0 bridgehead atoms. The highest BCUT2D eigenvalue weighted by Gasteiger charge is 2.39. The Labute approximate surface area is 109 Å². The Hall–Kier alpha value is -1.70. The number of ether oxygens (including phenoxy) is 2. The molecule has 0 aromatic heterocycles. The second-order valence-corrected chi connectivity index (χ2v) is 5.19. The van der Waals surface area contributed by atoms with Gasteiger partial charge in [-0.3, -0.25) is 0 Å². The maximum Gasteiger partial charge on any atom is 0.118 e. The lowest BCUT2D eigenvalue weighted by Crippen LogP contribution is -2.18. The number of allylic oxidation sites excluding steroid dienone is 2. The molecular formula is C16H20O2. The van der Waals surface area contributed by atoms with E-state index in [1.807, 2.05) is 12.1 Å². The number of methoxy groups -OCH3 is 2. The molecule has 0 spiro atoms. The van der Waals surface area contributed by atoms with E-state index in [1.54, 1.807) is 14.2 Å². The molecule has 2 rings (SSSR count). The second-order valence-electron chi connectivity index (χ2n) is 5.19. The van der Waals surface area contributed by atoms with Crippen LogP contribution in [0.5, 0.6) is 5.75 Å². The van der Waals surface area contributed by atoms with Crippen molar-refractivity contribution in [1.82, 2.24) is 0 Å². The molecule has 1 unspecified atom stereocenters. The molecule has 1 aliphatic rings. The van der Waals surface area contributed by atoms with E-state index in [1.165, 1.54) is 5.56 Å². The Balaban J connectivity index is 2.37. The Bertz CT molecular complexity index is 480. The Morgan fingerprint density at radius 1 is 1.06 bits per heavy atom. The highest BCUT2D eigenvalue weighted by atomic mass is 16.5. The molecule has 1 aliphatic carbocycles. The van der Waals surface area contributed by atoms with Gasteiger partial charge in [0.05, 0.1) is 14.2 Å².